The van der Waals surface area contributed by atoms with Crippen LogP contribution in [0.15, 0.2) is 42.6 Å². The molecule has 0 amide bonds. The summed E-state index contributed by atoms with van der Waals surface area (Å²) in [6.45, 7) is 3.00. The van der Waals surface area contributed by atoms with Gasteiger partial charge in [0, 0.05) is 13.1 Å². The summed E-state index contributed by atoms with van der Waals surface area (Å²) in [6.07, 6.45) is 2.56. The Morgan fingerprint density at radius 2 is 2.04 bits per heavy atom. The van der Waals surface area contributed by atoms with Gasteiger partial charge in [-0.05, 0) is 29.7 Å². The molecular formula is C18H20N2O4. The number of ether oxygens (including phenoxy) is 2. The fraction of sp³-hybridized carbons (Fsp3) is 0.333. The Hall–Kier alpha value is -2.44. The molecule has 1 atom stereocenters. The number of nitrogens with zero attached hydrogens (tertiary/aromatic N) is 1. The number of carboxylic acids is 1. The minimum absolute atomic E-state index is 0.00567. The molecule has 1 aliphatic rings. The molecule has 2 N–H and O–H groups in total. The molecule has 1 aromatic heterocycles. The van der Waals surface area contributed by atoms with Gasteiger partial charge in [0.1, 0.15) is 18.1 Å². The van der Waals surface area contributed by atoms with E-state index in [0.717, 1.165) is 31.7 Å². The molecule has 6 nitrogen and oxygen atoms in total. The monoisotopic (exact) mass is 328 g/mol. The number of pyridine rings is 1. The van der Waals surface area contributed by atoms with Crippen molar-refractivity contribution in [2.45, 2.75) is 19.1 Å². The molecule has 0 bridgehead atoms. The van der Waals surface area contributed by atoms with Crippen LogP contribution in [0.2, 0.25) is 0 Å². The summed E-state index contributed by atoms with van der Waals surface area (Å²) in [5.41, 5.74) is 2.29. The maximum absolute atomic E-state index is 10.8. The molecule has 0 aliphatic carbocycles. The highest BCUT2D eigenvalue weighted by atomic mass is 16.5. The van der Waals surface area contributed by atoms with Crippen molar-refractivity contribution < 1.29 is 19.4 Å². The number of hydrogen-bond donors (Lipinski definition) is 2. The maximum atomic E-state index is 10.8. The van der Waals surface area contributed by atoms with Crippen molar-refractivity contribution in [1.82, 2.24) is 10.3 Å². The zero-order valence-corrected chi connectivity index (χ0v) is 13.3. The summed E-state index contributed by atoms with van der Waals surface area (Å²) in [5.74, 6) is -0.500. The molecular weight excluding hydrogens is 308 g/mol. The fourth-order valence-electron chi connectivity index (χ4n) is 2.54. The summed E-state index contributed by atoms with van der Waals surface area (Å²) in [4.78, 5) is 14.6. The summed E-state index contributed by atoms with van der Waals surface area (Å²) < 4.78 is 11.3. The first kappa shape index (κ1) is 16.4. The van der Waals surface area contributed by atoms with E-state index < -0.39 is 5.97 Å². The molecule has 3 rings (SSSR count). The molecule has 1 saturated heterocycles. The first-order chi connectivity index (χ1) is 11.7. The topological polar surface area (TPSA) is 80.7 Å². The van der Waals surface area contributed by atoms with Crippen molar-refractivity contribution in [2.24, 2.45) is 0 Å². The molecule has 1 aliphatic heterocycles. The minimum Gasteiger partial charge on any atom is -0.487 e. The average Bonchev–Trinajstić information content (AvgIpc) is 2.62. The van der Waals surface area contributed by atoms with Crippen LogP contribution in [0.3, 0.4) is 0 Å². The number of carbonyl (C=O) groups is 1. The highest BCUT2D eigenvalue weighted by Gasteiger charge is 2.13. The third-order valence-electron chi connectivity index (χ3n) is 3.85. The van der Waals surface area contributed by atoms with E-state index in [9.17, 15) is 4.79 Å². The predicted molar refractivity (Wildman–Crippen MR) is 88.3 cm³/mol. The van der Waals surface area contributed by atoms with Crippen molar-refractivity contribution in [3.05, 3.63) is 59.4 Å². The zero-order chi connectivity index (χ0) is 16.8. The standard InChI is InChI=1S/C18H20N2O4/c21-18(22)17-6-5-15(11-20-17)24-12-14-3-1-13(2-4-14)9-16-10-19-7-8-23-16/h1-6,11,16,19H,7-10,12H2,(H,21,22). The third-order valence-corrected chi connectivity index (χ3v) is 3.85. The van der Waals surface area contributed by atoms with Crippen molar-refractivity contribution in [3.8, 4) is 5.75 Å². The van der Waals surface area contributed by atoms with Crippen LogP contribution in [-0.2, 0) is 17.8 Å². The molecule has 2 heterocycles. The smallest absolute Gasteiger partial charge is 0.354 e. The summed E-state index contributed by atoms with van der Waals surface area (Å²) in [5, 5.41) is 12.1. The van der Waals surface area contributed by atoms with E-state index in [0.29, 0.717) is 12.4 Å². The van der Waals surface area contributed by atoms with Gasteiger partial charge in [0.05, 0.1) is 18.9 Å². The Morgan fingerprint density at radius 3 is 2.67 bits per heavy atom. The van der Waals surface area contributed by atoms with Gasteiger partial charge in [-0.15, -0.1) is 0 Å². The van der Waals surface area contributed by atoms with Gasteiger partial charge in [0.2, 0.25) is 0 Å². The van der Waals surface area contributed by atoms with E-state index in [1.165, 1.54) is 17.8 Å². The van der Waals surface area contributed by atoms with Gasteiger partial charge in [-0.2, -0.15) is 0 Å². The third kappa shape index (κ3) is 4.53. The predicted octanol–water partition coefficient (Wildman–Crippen LogP) is 1.89. The second kappa shape index (κ2) is 7.90. The molecule has 2 aromatic rings. The summed E-state index contributed by atoms with van der Waals surface area (Å²) >= 11 is 0. The van der Waals surface area contributed by atoms with Crippen LogP contribution >= 0.6 is 0 Å². The van der Waals surface area contributed by atoms with Crippen LogP contribution < -0.4 is 10.1 Å². The largest absolute Gasteiger partial charge is 0.487 e. The highest BCUT2D eigenvalue weighted by Crippen LogP contribution is 2.14. The summed E-state index contributed by atoms with van der Waals surface area (Å²) in [7, 11) is 0. The highest BCUT2D eigenvalue weighted by molar-refractivity contribution is 5.85. The van der Waals surface area contributed by atoms with E-state index in [4.69, 9.17) is 14.6 Å². The van der Waals surface area contributed by atoms with Crippen molar-refractivity contribution >= 4 is 5.97 Å². The maximum Gasteiger partial charge on any atom is 0.354 e. The Balaban J connectivity index is 1.51. The van der Waals surface area contributed by atoms with Crippen LogP contribution in [0.1, 0.15) is 21.6 Å². The van der Waals surface area contributed by atoms with Gasteiger partial charge in [-0.3, -0.25) is 0 Å². The van der Waals surface area contributed by atoms with Gasteiger partial charge in [-0.1, -0.05) is 24.3 Å². The Kier molecular flexibility index (Phi) is 5.40. The zero-order valence-electron chi connectivity index (χ0n) is 13.3. The molecule has 1 fully saturated rings. The number of hydrogen-bond acceptors (Lipinski definition) is 5. The van der Waals surface area contributed by atoms with Gasteiger partial charge in [-0.25, -0.2) is 9.78 Å². The Morgan fingerprint density at radius 1 is 1.25 bits per heavy atom. The molecule has 24 heavy (non-hydrogen) atoms. The average molecular weight is 328 g/mol. The van der Waals surface area contributed by atoms with Gasteiger partial charge >= 0.3 is 5.97 Å². The molecule has 0 saturated carbocycles. The van der Waals surface area contributed by atoms with Crippen LogP contribution in [0, 0.1) is 0 Å². The number of rotatable bonds is 6. The molecule has 1 aromatic carbocycles. The van der Waals surface area contributed by atoms with E-state index in [2.05, 4.69) is 22.4 Å². The van der Waals surface area contributed by atoms with E-state index in [1.807, 2.05) is 12.1 Å². The molecule has 1 unspecified atom stereocenters. The van der Waals surface area contributed by atoms with Crippen LogP contribution in [-0.4, -0.2) is 41.9 Å². The van der Waals surface area contributed by atoms with Crippen molar-refractivity contribution in [3.63, 3.8) is 0 Å². The Bertz CT molecular complexity index is 664. The number of benzene rings is 1. The van der Waals surface area contributed by atoms with E-state index in [-0.39, 0.29) is 11.8 Å². The SMILES string of the molecule is O=C(O)c1ccc(OCc2ccc(CC3CNCCO3)cc2)cn1. The van der Waals surface area contributed by atoms with E-state index in [1.54, 1.807) is 6.07 Å². The van der Waals surface area contributed by atoms with Gasteiger partial charge in [0.25, 0.3) is 0 Å². The fourth-order valence-corrected chi connectivity index (χ4v) is 2.54. The van der Waals surface area contributed by atoms with Crippen LogP contribution in [0.25, 0.3) is 0 Å². The molecule has 6 heteroatoms. The first-order valence-electron chi connectivity index (χ1n) is 7.93. The molecule has 0 spiro atoms. The van der Waals surface area contributed by atoms with Crippen molar-refractivity contribution in [1.29, 1.82) is 0 Å². The number of aromatic nitrogens is 1. The second-order valence-corrected chi connectivity index (χ2v) is 5.69. The summed E-state index contributed by atoms with van der Waals surface area (Å²) in [6, 6.07) is 11.3. The molecule has 126 valence electrons. The van der Waals surface area contributed by atoms with Gasteiger partial charge in [0.15, 0.2) is 0 Å². The van der Waals surface area contributed by atoms with Gasteiger partial charge < -0.3 is 19.9 Å². The first-order valence-corrected chi connectivity index (χ1v) is 7.93. The normalized spacial score (nSPS) is 17.4. The number of nitrogens with one attached hydrogen (secondary N) is 1. The lowest BCUT2D eigenvalue weighted by Gasteiger charge is -2.23. The minimum atomic E-state index is -1.05. The van der Waals surface area contributed by atoms with Crippen LogP contribution in [0.5, 0.6) is 5.75 Å². The quantitative estimate of drug-likeness (QED) is 0.843. The second-order valence-electron chi connectivity index (χ2n) is 5.69. The van der Waals surface area contributed by atoms with Crippen LogP contribution in [0.4, 0.5) is 0 Å². The number of morpholine rings is 1. The molecule has 0 radical (unpaired) electrons. The van der Waals surface area contributed by atoms with Crippen molar-refractivity contribution in [2.75, 3.05) is 19.7 Å². The Labute approximate surface area is 140 Å². The number of aromatic carboxylic acids is 1. The lowest BCUT2D eigenvalue weighted by atomic mass is 10.1. The number of carboxylic acid groups (broad SMARTS) is 1. The lowest BCUT2D eigenvalue weighted by Crippen LogP contribution is -2.39. The van der Waals surface area contributed by atoms with E-state index >= 15 is 0 Å². The lowest BCUT2D eigenvalue weighted by molar-refractivity contribution is 0.0292.